The molecule has 2 fully saturated rings. The first-order valence-electron chi connectivity index (χ1n) is 8.88. The summed E-state index contributed by atoms with van der Waals surface area (Å²) in [5.74, 6) is 0.259. The van der Waals surface area contributed by atoms with Gasteiger partial charge in [-0.05, 0) is 42.5 Å². The Labute approximate surface area is 146 Å². The normalized spacial score (nSPS) is 21.2. The summed E-state index contributed by atoms with van der Waals surface area (Å²) < 4.78 is 21.0. The van der Waals surface area contributed by atoms with Crippen molar-refractivity contribution < 1.29 is 13.9 Å². The molecule has 1 amide bonds. The Morgan fingerprint density at radius 3 is 2.96 bits per heavy atom. The summed E-state index contributed by atoms with van der Waals surface area (Å²) in [6, 6.07) is 7.90. The number of carbonyl (C=O) groups excluding carboxylic acids is 1. The molecule has 0 N–H and O–H groups in total. The van der Waals surface area contributed by atoms with Gasteiger partial charge in [-0.3, -0.25) is 9.48 Å². The highest BCUT2D eigenvalue weighted by atomic mass is 19.1. The minimum absolute atomic E-state index is 0.0608. The van der Waals surface area contributed by atoms with Crippen molar-refractivity contribution in [1.29, 1.82) is 0 Å². The summed E-state index contributed by atoms with van der Waals surface area (Å²) >= 11 is 0. The third-order valence-corrected chi connectivity index (χ3v) is 5.21. The Morgan fingerprint density at radius 1 is 1.32 bits per heavy atom. The molecule has 25 heavy (non-hydrogen) atoms. The largest absolute Gasteiger partial charge is 0.377 e. The molecule has 1 aromatic carbocycles. The molecule has 5 nitrogen and oxygen atoms in total. The van der Waals surface area contributed by atoms with Crippen molar-refractivity contribution in [1.82, 2.24) is 14.7 Å². The van der Waals surface area contributed by atoms with Crippen LogP contribution >= 0.6 is 0 Å². The third-order valence-electron chi connectivity index (χ3n) is 5.21. The number of hydrogen-bond donors (Lipinski definition) is 0. The number of benzene rings is 1. The second kappa shape index (κ2) is 6.96. The number of morpholine rings is 1. The summed E-state index contributed by atoms with van der Waals surface area (Å²) in [5.41, 5.74) is 1.37. The van der Waals surface area contributed by atoms with E-state index < -0.39 is 0 Å². The van der Waals surface area contributed by atoms with Gasteiger partial charge in [0.1, 0.15) is 11.5 Å². The number of hydrogen-bond acceptors (Lipinski definition) is 3. The fourth-order valence-corrected chi connectivity index (χ4v) is 3.56. The highest BCUT2D eigenvalue weighted by Crippen LogP contribution is 2.29. The number of ether oxygens (including phenoxy) is 1. The Hall–Kier alpha value is -2.21. The van der Waals surface area contributed by atoms with E-state index in [1.54, 1.807) is 23.2 Å². The van der Waals surface area contributed by atoms with Crippen LogP contribution in [-0.2, 0) is 11.3 Å². The quantitative estimate of drug-likeness (QED) is 0.857. The number of carbonyl (C=O) groups is 1. The molecule has 2 heterocycles. The summed E-state index contributed by atoms with van der Waals surface area (Å²) in [6.45, 7) is 2.16. The average Bonchev–Trinajstić information content (AvgIpc) is 3.06. The van der Waals surface area contributed by atoms with Gasteiger partial charge in [0.2, 0.25) is 0 Å². The second-order valence-corrected chi connectivity index (χ2v) is 6.84. The molecule has 1 aliphatic heterocycles. The van der Waals surface area contributed by atoms with Crippen LogP contribution in [0.4, 0.5) is 4.39 Å². The molecule has 1 aromatic heterocycles. The number of aromatic nitrogens is 2. The van der Waals surface area contributed by atoms with E-state index in [0.29, 0.717) is 31.4 Å². The molecule has 1 atom stereocenters. The summed E-state index contributed by atoms with van der Waals surface area (Å²) in [6.07, 6.45) is 5.36. The van der Waals surface area contributed by atoms with Crippen LogP contribution in [0, 0.1) is 11.7 Å². The van der Waals surface area contributed by atoms with E-state index in [9.17, 15) is 9.18 Å². The molecule has 2 aliphatic rings. The van der Waals surface area contributed by atoms with Crippen LogP contribution in [-0.4, -0.2) is 40.3 Å². The first-order valence-corrected chi connectivity index (χ1v) is 8.88. The fourth-order valence-electron chi connectivity index (χ4n) is 3.56. The maximum absolute atomic E-state index is 13.6. The molecular formula is C19H22FN3O2. The lowest BCUT2D eigenvalue weighted by molar-refractivity contribution is -0.00350. The van der Waals surface area contributed by atoms with Crippen LogP contribution < -0.4 is 0 Å². The van der Waals surface area contributed by atoms with Gasteiger partial charge in [-0.15, -0.1) is 0 Å². The monoisotopic (exact) mass is 343 g/mol. The van der Waals surface area contributed by atoms with Crippen LogP contribution in [0.25, 0.3) is 0 Å². The fraction of sp³-hybridized carbons (Fsp3) is 0.474. The predicted molar refractivity (Wildman–Crippen MR) is 90.6 cm³/mol. The van der Waals surface area contributed by atoms with E-state index in [0.717, 1.165) is 12.1 Å². The zero-order valence-corrected chi connectivity index (χ0v) is 14.1. The van der Waals surface area contributed by atoms with Crippen molar-refractivity contribution in [3.05, 3.63) is 53.6 Å². The topological polar surface area (TPSA) is 47.4 Å². The highest BCUT2D eigenvalue weighted by Gasteiger charge is 2.31. The molecule has 0 spiro atoms. The van der Waals surface area contributed by atoms with Crippen LogP contribution in [0.5, 0.6) is 0 Å². The van der Waals surface area contributed by atoms with Gasteiger partial charge < -0.3 is 9.64 Å². The van der Waals surface area contributed by atoms with Crippen LogP contribution in [0.3, 0.4) is 0 Å². The lowest BCUT2D eigenvalue weighted by atomic mass is 9.85. The number of amides is 1. The number of nitrogens with zero attached hydrogens (tertiary/aromatic N) is 3. The first-order chi connectivity index (χ1) is 12.2. The minimum atomic E-state index is -0.300. The Balaban J connectivity index is 1.58. The molecule has 132 valence electrons. The molecule has 4 rings (SSSR count). The summed E-state index contributed by atoms with van der Waals surface area (Å²) in [4.78, 5) is 14.9. The molecule has 1 saturated carbocycles. The summed E-state index contributed by atoms with van der Waals surface area (Å²) in [7, 11) is 0. The number of rotatable bonds is 4. The van der Waals surface area contributed by atoms with Crippen molar-refractivity contribution >= 4 is 5.91 Å². The van der Waals surface area contributed by atoms with Crippen molar-refractivity contribution in [3.63, 3.8) is 0 Å². The van der Waals surface area contributed by atoms with Crippen LogP contribution in [0.2, 0.25) is 0 Å². The zero-order valence-electron chi connectivity index (χ0n) is 14.1. The van der Waals surface area contributed by atoms with Gasteiger partial charge in [-0.25, -0.2) is 4.39 Å². The molecular weight excluding hydrogens is 321 g/mol. The standard InChI is InChI=1S/C19H22FN3O2/c20-16-6-2-5-15(11-16)18-13-25-10-9-22(18)19(24)17-7-8-21-23(17)12-14-3-1-4-14/h2,5-8,11,14,18H,1,3-4,9-10,12-13H2. The lowest BCUT2D eigenvalue weighted by Gasteiger charge is -2.36. The van der Waals surface area contributed by atoms with Gasteiger partial charge in [0, 0.05) is 19.3 Å². The van der Waals surface area contributed by atoms with Gasteiger partial charge in [0.25, 0.3) is 5.91 Å². The SMILES string of the molecule is O=C(c1ccnn1CC1CCC1)N1CCOCC1c1cccc(F)c1. The van der Waals surface area contributed by atoms with E-state index in [1.807, 2.05) is 10.7 Å². The maximum atomic E-state index is 13.6. The average molecular weight is 343 g/mol. The Bertz CT molecular complexity index is 757. The van der Waals surface area contributed by atoms with E-state index in [2.05, 4.69) is 5.10 Å². The van der Waals surface area contributed by atoms with Gasteiger partial charge in [0.15, 0.2) is 0 Å². The van der Waals surface area contributed by atoms with E-state index >= 15 is 0 Å². The Kier molecular flexibility index (Phi) is 4.53. The van der Waals surface area contributed by atoms with E-state index in [4.69, 9.17) is 4.74 Å². The van der Waals surface area contributed by atoms with Crippen molar-refractivity contribution in [2.45, 2.75) is 31.8 Å². The molecule has 2 aromatic rings. The van der Waals surface area contributed by atoms with Gasteiger partial charge in [0.05, 0.1) is 19.3 Å². The Morgan fingerprint density at radius 2 is 2.20 bits per heavy atom. The van der Waals surface area contributed by atoms with Gasteiger partial charge in [-0.1, -0.05) is 18.6 Å². The third kappa shape index (κ3) is 3.31. The molecule has 0 bridgehead atoms. The minimum Gasteiger partial charge on any atom is -0.377 e. The predicted octanol–water partition coefficient (Wildman–Crippen LogP) is 3.04. The van der Waals surface area contributed by atoms with E-state index in [-0.39, 0.29) is 17.8 Å². The lowest BCUT2D eigenvalue weighted by Crippen LogP contribution is -2.44. The molecule has 6 heteroatoms. The van der Waals surface area contributed by atoms with Crippen molar-refractivity contribution in [2.75, 3.05) is 19.8 Å². The smallest absolute Gasteiger partial charge is 0.272 e. The molecule has 0 radical (unpaired) electrons. The van der Waals surface area contributed by atoms with E-state index in [1.165, 1.54) is 31.4 Å². The summed E-state index contributed by atoms with van der Waals surface area (Å²) in [5, 5.41) is 4.34. The van der Waals surface area contributed by atoms with Gasteiger partial charge >= 0.3 is 0 Å². The zero-order chi connectivity index (χ0) is 17.2. The molecule has 1 saturated heterocycles. The van der Waals surface area contributed by atoms with Crippen molar-refractivity contribution in [2.24, 2.45) is 5.92 Å². The van der Waals surface area contributed by atoms with Crippen LogP contribution in [0.1, 0.15) is 41.4 Å². The van der Waals surface area contributed by atoms with Crippen molar-refractivity contribution in [3.8, 4) is 0 Å². The maximum Gasteiger partial charge on any atom is 0.272 e. The second-order valence-electron chi connectivity index (χ2n) is 6.84. The highest BCUT2D eigenvalue weighted by molar-refractivity contribution is 5.93. The van der Waals surface area contributed by atoms with Crippen LogP contribution in [0.15, 0.2) is 36.5 Å². The first kappa shape index (κ1) is 16.3. The van der Waals surface area contributed by atoms with Gasteiger partial charge in [-0.2, -0.15) is 5.10 Å². The number of halogens is 1. The molecule has 1 unspecified atom stereocenters. The molecule has 1 aliphatic carbocycles.